The minimum Gasteiger partial charge on any atom is -0.475 e. The Morgan fingerprint density at radius 1 is 1.17 bits per heavy atom. The van der Waals surface area contributed by atoms with Crippen molar-refractivity contribution in [1.82, 2.24) is 4.98 Å². The van der Waals surface area contributed by atoms with Gasteiger partial charge in [0.15, 0.2) is 0 Å². The molecule has 2 aromatic rings. The van der Waals surface area contributed by atoms with Crippen LogP contribution in [0, 0.1) is 13.8 Å². The van der Waals surface area contributed by atoms with E-state index in [9.17, 15) is 4.79 Å². The average molecular weight is 399 g/mol. The van der Waals surface area contributed by atoms with Crippen LogP contribution in [-0.2, 0) is 19.7 Å². The molecular formula is C23H30N2O4. The van der Waals surface area contributed by atoms with Crippen molar-refractivity contribution < 1.29 is 19.0 Å². The first kappa shape index (κ1) is 21.3. The summed E-state index contributed by atoms with van der Waals surface area (Å²) in [5.41, 5.74) is 3.01. The number of hydrogen-bond donors (Lipinski definition) is 1. The Morgan fingerprint density at radius 2 is 1.97 bits per heavy atom. The van der Waals surface area contributed by atoms with Crippen molar-refractivity contribution in [3.05, 3.63) is 53.2 Å². The first-order chi connectivity index (χ1) is 14.0. The van der Waals surface area contributed by atoms with Crippen LogP contribution in [0.1, 0.15) is 36.6 Å². The monoisotopic (exact) mass is 398 g/mol. The minimum atomic E-state index is -0.594. The Labute approximate surface area is 172 Å². The van der Waals surface area contributed by atoms with Gasteiger partial charge in [-0.15, -0.1) is 0 Å². The van der Waals surface area contributed by atoms with Crippen LogP contribution in [-0.4, -0.2) is 43.9 Å². The van der Waals surface area contributed by atoms with Crippen LogP contribution in [0.3, 0.4) is 0 Å². The lowest BCUT2D eigenvalue weighted by atomic mass is 9.73. The molecule has 0 saturated carbocycles. The minimum absolute atomic E-state index is 0.0127. The van der Waals surface area contributed by atoms with Crippen LogP contribution in [0.15, 0.2) is 36.4 Å². The lowest BCUT2D eigenvalue weighted by Gasteiger charge is -2.36. The fourth-order valence-electron chi connectivity index (χ4n) is 3.65. The number of amides is 1. The SMILES string of the molecule is CCOCCOc1ccc(NC(=O)C2(c3cccc(C)c3)CCOCC2)c(C)n1. The van der Waals surface area contributed by atoms with Gasteiger partial charge in [0.25, 0.3) is 0 Å². The molecule has 6 heteroatoms. The maximum atomic E-state index is 13.4. The maximum Gasteiger partial charge on any atom is 0.235 e. The van der Waals surface area contributed by atoms with E-state index in [4.69, 9.17) is 14.2 Å². The number of rotatable bonds is 8. The lowest BCUT2D eigenvalue weighted by Crippen LogP contribution is -2.45. The lowest BCUT2D eigenvalue weighted by molar-refractivity contribution is -0.125. The fourth-order valence-corrected chi connectivity index (χ4v) is 3.65. The Hall–Kier alpha value is -2.44. The number of anilines is 1. The molecule has 0 radical (unpaired) electrons. The van der Waals surface area contributed by atoms with E-state index in [1.54, 1.807) is 6.07 Å². The second-order valence-electron chi connectivity index (χ2n) is 7.35. The van der Waals surface area contributed by atoms with Gasteiger partial charge in [-0.05, 0) is 45.2 Å². The van der Waals surface area contributed by atoms with Gasteiger partial charge in [-0.2, -0.15) is 0 Å². The molecule has 0 spiro atoms. The van der Waals surface area contributed by atoms with Crippen molar-refractivity contribution in [3.8, 4) is 5.88 Å². The highest BCUT2D eigenvalue weighted by molar-refractivity contribution is 5.99. The van der Waals surface area contributed by atoms with Crippen molar-refractivity contribution in [1.29, 1.82) is 0 Å². The standard InChI is InChI=1S/C23H30N2O4/c1-4-27-14-15-29-21-9-8-20(18(3)24-21)25-22(26)23(10-12-28-13-11-23)19-7-5-6-17(2)16-19/h5-9,16H,4,10-15H2,1-3H3,(H,25,26). The van der Waals surface area contributed by atoms with Crippen LogP contribution < -0.4 is 10.1 Å². The van der Waals surface area contributed by atoms with Gasteiger partial charge in [-0.3, -0.25) is 4.79 Å². The number of pyridine rings is 1. The van der Waals surface area contributed by atoms with Gasteiger partial charge in [-0.1, -0.05) is 29.8 Å². The number of aromatic nitrogens is 1. The summed E-state index contributed by atoms with van der Waals surface area (Å²) in [6.45, 7) is 8.65. The summed E-state index contributed by atoms with van der Waals surface area (Å²) in [6.07, 6.45) is 1.32. The van der Waals surface area contributed by atoms with Crippen molar-refractivity contribution in [2.45, 2.75) is 39.0 Å². The Morgan fingerprint density at radius 3 is 2.66 bits per heavy atom. The maximum absolute atomic E-state index is 13.4. The zero-order valence-corrected chi connectivity index (χ0v) is 17.5. The first-order valence-electron chi connectivity index (χ1n) is 10.2. The van der Waals surface area contributed by atoms with Crippen molar-refractivity contribution in [2.24, 2.45) is 0 Å². The van der Waals surface area contributed by atoms with Gasteiger partial charge < -0.3 is 19.5 Å². The molecule has 29 heavy (non-hydrogen) atoms. The Kier molecular flexibility index (Phi) is 7.23. The highest BCUT2D eigenvalue weighted by Crippen LogP contribution is 2.37. The van der Waals surface area contributed by atoms with Gasteiger partial charge in [0, 0.05) is 25.9 Å². The molecule has 0 aliphatic carbocycles. The summed E-state index contributed by atoms with van der Waals surface area (Å²) in [5.74, 6) is 0.515. The zero-order chi connectivity index (χ0) is 20.7. The molecule has 1 aromatic heterocycles. The van der Waals surface area contributed by atoms with Crippen LogP contribution in [0.4, 0.5) is 5.69 Å². The van der Waals surface area contributed by atoms with E-state index in [1.807, 2.05) is 45.0 Å². The van der Waals surface area contributed by atoms with E-state index in [2.05, 4.69) is 16.4 Å². The second kappa shape index (κ2) is 9.85. The number of ether oxygens (including phenoxy) is 3. The van der Waals surface area contributed by atoms with E-state index in [-0.39, 0.29) is 5.91 Å². The molecule has 1 aliphatic rings. The quantitative estimate of drug-likeness (QED) is 0.685. The first-order valence-corrected chi connectivity index (χ1v) is 10.2. The normalized spacial score (nSPS) is 15.7. The molecule has 6 nitrogen and oxygen atoms in total. The number of carbonyl (C=O) groups is 1. The number of nitrogens with one attached hydrogen (secondary N) is 1. The molecule has 1 aromatic carbocycles. The summed E-state index contributed by atoms with van der Waals surface area (Å²) in [7, 11) is 0. The molecule has 2 heterocycles. The van der Waals surface area contributed by atoms with Crippen LogP contribution >= 0.6 is 0 Å². The van der Waals surface area contributed by atoms with E-state index in [0.29, 0.717) is 57.4 Å². The molecule has 1 amide bonds. The second-order valence-corrected chi connectivity index (χ2v) is 7.35. The summed E-state index contributed by atoms with van der Waals surface area (Å²) >= 11 is 0. The summed E-state index contributed by atoms with van der Waals surface area (Å²) in [6, 6.07) is 11.8. The highest BCUT2D eigenvalue weighted by Gasteiger charge is 2.42. The fraction of sp³-hybridized carbons (Fsp3) is 0.478. The third kappa shape index (κ3) is 5.14. The Balaban J connectivity index is 1.76. The van der Waals surface area contributed by atoms with Gasteiger partial charge in [0.2, 0.25) is 11.8 Å². The highest BCUT2D eigenvalue weighted by atomic mass is 16.5. The van der Waals surface area contributed by atoms with Crippen LogP contribution in [0.25, 0.3) is 0 Å². The number of benzene rings is 1. The molecular weight excluding hydrogens is 368 g/mol. The van der Waals surface area contributed by atoms with E-state index in [1.165, 1.54) is 0 Å². The smallest absolute Gasteiger partial charge is 0.235 e. The van der Waals surface area contributed by atoms with E-state index < -0.39 is 5.41 Å². The predicted octanol–water partition coefficient (Wildman–Crippen LogP) is 3.80. The number of aryl methyl sites for hydroxylation is 2. The van der Waals surface area contributed by atoms with Gasteiger partial charge in [0.1, 0.15) is 6.61 Å². The third-order valence-corrected chi connectivity index (χ3v) is 5.34. The average Bonchev–Trinajstić information content (AvgIpc) is 2.73. The molecule has 0 unspecified atom stereocenters. The predicted molar refractivity (Wildman–Crippen MR) is 113 cm³/mol. The number of hydrogen-bond acceptors (Lipinski definition) is 5. The summed E-state index contributed by atoms with van der Waals surface area (Å²) in [5, 5.41) is 3.11. The molecule has 0 bridgehead atoms. The van der Waals surface area contributed by atoms with E-state index in [0.717, 1.165) is 16.8 Å². The summed E-state index contributed by atoms with van der Waals surface area (Å²) < 4.78 is 16.4. The van der Waals surface area contributed by atoms with Crippen molar-refractivity contribution in [3.63, 3.8) is 0 Å². The van der Waals surface area contributed by atoms with Crippen molar-refractivity contribution in [2.75, 3.05) is 38.4 Å². The van der Waals surface area contributed by atoms with Crippen LogP contribution in [0.2, 0.25) is 0 Å². The van der Waals surface area contributed by atoms with E-state index >= 15 is 0 Å². The zero-order valence-electron chi connectivity index (χ0n) is 17.5. The largest absolute Gasteiger partial charge is 0.475 e. The Bertz CT molecular complexity index is 831. The molecule has 0 atom stereocenters. The van der Waals surface area contributed by atoms with Gasteiger partial charge in [0.05, 0.1) is 23.4 Å². The molecule has 156 valence electrons. The van der Waals surface area contributed by atoms with Gasteiger partial charge in [-0.25, -0.2) is 4.98 Å². The molecule has 1 aliphatic heterocycles. The molecule has 1 fully saturated rings. The topological polar surface area (TPSA) is 69.7 Å². The summed E-state index contributed by atoms with van der Waals surface area (Å²) in [4.78, 5) is 17.9. The van der Waals surface area contributed by atoms with Crippen molar-refractivity contribution >= 4 is 11.6 Å². The van der Waals surface area contributed by atoms with Crippen LogP contribution in [0.5, 0.6) is 5.88 Å². The number of nitrogens with zero attached hydrogens (tertiary/aromatic N) is 1. The molecule has 3 rings (SSSR count). The number of carbonyl (C=O) groups excluding carboxylic acids is 1. The third-order valence-electron chi connectivity index (χ3n) is 5.34. The molecule has 1 N–H and O–H groups in total. The molecule has 1 saturated heterocycles. The van der Waals surface area contributed by atoms with Gasteiger partial charge >= 0.3 is 0 Å².